The number of benzene rings is 1. The van der Waals surface area contributed by atoms with Crippen LogP contribution in [0.2, 0.25) is 0 Å². The molecule has 5 heteroatoms. The molecule has 0 amide bonds. The third kappa shape index (κ3) is 3.38. The molecule has 3 nitrogen and oxygen atoms in total. The zero-order valence-electron chi connectivity index (χ0n) is 11.0. The lowest BCUT2D eigenvalue weighted by atomic mass is 9.91. The molecule has 0 aromatic heterocycles. The highest BCUT2D eigenvalue weighted by molar-refractivity contribution is 9.10. The molecular formula is C15H17BrO3S. The minimum absolute atomic E-state index is 0.162. The van der Waals surface area contributed by atoms with Gasteiger partial charge in [0.1, 0.15) is 0 Å². The summed E-state index contributed by atoms with van der Waals surface area (Å²) < 4.78 is 6.26. The van der Waals surface area contributed by atoms with Gasteiger partial charge in [0.05, 0.1) is 24.9 Å². The van der Waals surface area contributed by atoms with E-state index in [-0.39, 0.29) is 12.3 Å². The normalized spacial score (nSPS) is 20.4. The lowest BCUT2D eigenvalue weighted by Gasteiger charge is -2.26. The minimum Gasteiger partial charge on any atom is -0.481 e. The van der Waals surface area contributed by atoms with Gasteiger partial charge in [0, 0.05) is 9.37 Å². The van der Waals surface area contributed by atoms with E-state index in [2.05, 4.69) is 34.1 Å². The summed E-state index contributed by atoms with van der Waals surface area (Å²) in [5, 5.41) is 9.63. The maximum atomic E-state index is 11.0. The molecule has 1 aromatic rings. The average molecular weight is 357 g/mol. The van der Waals surface area contributed by atoms with Gasteiger partial charge in [-0.3, -0.25) is 4.79 Å². The summed E-state index contributed by atoms with van der Waals surface area (Å²) in [6.07, 6.45) is 2.55. The fourth-order valence-electron chi connectivity index (χ4n) is 2.55. The van der Waals surface area contributed by atoms with Crippen molar-refractivity contribution in [2.75, 3.05) is 13.2 Å². The number of rotatable bonds is 6. The Balaban J connectivity index is 1.75. The second kappa shape index (κ2) is 6.08. The maximum Gasteiger partial charge on any atom is 0.303 e. The Morgan fingerprint density at radius 1 is 1.45 bits per heavy atom. The van der Waals surface area contributed by atoms with Crippen molar-refractivity contribution in [1.29, 1.82) is 0 Å². The summed E-state index contributed by atoms with van der Waals surface area (Å²) in [4.78, 5) is 12.2. The van der Waals surface area contributed by atoms with Gasteiger partial charge in [-0.05, 0) is 58.3 Å². The number of hydrogen-bond acceptors (Lipinski definition) is 3. The van der Waals surface area contributed by atoms with Crippen LogP contribution in [-0.4, -0.2) is 29.5 Å². The molecule has 2 aliphatic rings. The number of carboxylic acid groups (broad SMARTS) is 1. The highest BCUT2D eigenvalue weighted by Gasteiger charge is 2.34. The monoisotopic (exact) mass is 356 g/mol. The number of aliphatic carboxylic acids is 1. The van der Waals surface area contributed by atoms with E-state index in [0.29, 0.717) is 11.2 Å². The van der Waals surface area contributed by atoms with Gasteiger partial charge in [-0.1, -0.05) is 6.07 Å². The van der Waals surface area contributed by atoms with Crippen molar-refractivity contribution < 1.29 is 14.6 Å². The zero-order chi connectivity index (χ0) is 14.1. The lowest BCUT2D eigenvalue weighted by molar-refractivity contribution is -0.137. The minimum atomic E-state index is -0.705. The van der Waals surface area contributed by atoms with Gasteiger partial charge in [-0.2, -0.15) is 0 Å². The summed E-state index contributed by atoms with van der Waals surface area (Å²) in [6.45, 7) is 1.64. The zero-order valence-corrected chi connectivity index (χ0v) is 13.5. The largest absolute Gasteiger partial charge is 0.481 e. The number of thioether (sulfide) groups is 1. The third-order valence-electron chi connectivity index (χ3n) is 3.87. The van der Waals surface area contributed by atoms with Crippen molar-refractivity contribution in [3.63, 3.8) is 0 Å². The maximum absolute atomic E-state index is 11.0. The molecule has 2 fully saturated rings. The molecule has 1 aliphatic carbocycles. The summed E-state index contributed by atoms with van der Waals surface area (Å²) in [6, 6.07) is 6.31. The molecule has 1 N–H and O–H groups in total. The predicted molar refractivity (Wildman–Crippen MR) is 82.3 cm³/mol. The van der Waals surface area contributed by atoms with Crippen LogP contribution in [0.3, 0.4) is 0 Å². The smallest absolute Gasteiger partial charge is 0.303 e. The molecule has 1 saturated carbocycles. The molecule has 1 heterocycles. The van der Waals surface area contributed by atoms with Gasteiger partial charge >= 0.3 is 5.97 Å². The molecular weight excluding hydrogens is 340 g/mol. The quantitative estimate of drug-likeness (QED) is 0.839. The standard InChI is InChI=1S/C15H17BrO3S/c16-13-5-10(12(6-15(17)18)9-1-2-9)3-4-14(13)20-11-7-19-8-11/h3-5,9,11-12H,1-2,6-8H2,(H,17,18). The molecule has 1 unspecified atom stereocenters. The Morgan fingerprint density at radius 2 is 2.20 bits per heavy atom. The van der Waals surface area contributed by atoms with Crippen molar-refractivity contribution >= 4 is 33.7 Å². The molecule has 0 spiro atoms. The van der Waals surface area contributed by atoms with Crippen LogP contribution < -0.4 is 0 Å². The first-order valence-electron chi connectivity index (χ1n) is 6.89. The molecule has 3 rings (SSSR count). The number of carboxylic acids is 1. The van der Waals surface area contributed by atoms with E-state index in [0.717, 1.165) is 36.1 Å². The van der Waals surface area contributed by atoms with Gasteiger partial charge < -0.3 is 9.84 Å². The van der Waals surface area contributed by atoms with Crippen LogP contribution in [0.15, 0.2) is 27.6 Å². The van der Waals surface area contributed by atoms with Crippen LogP contribution in [0.1, 0.15) is 30.7 Å². The van der Waals surface area contributed by atoms with Crippen LogP contribution in [0.5, 0.6) is 0 Å². The number of carbonyl (C=O) groups is 1. The SMILES string of the molecule is O=C(O)CC(c1ccc(SC2COC2)c(Br)c1)C1CC1. The second-order valence-electron chi connectivity index (χ2n) is 5.51. The van der Waals surface area contributed by atoms with E-state index in [9.17, 15) is 4.79 Å². The highest BCUT2D eigenvalue weighted by Crippen LogP contribution is 2.46. The first-order chi connectivity index (χ1) is 9.63. The van der Waals surface area contributed by atoms with E-state index < -0.39 is 5.97 Å². The molecule has 1 atom stereocenters. The van der Waals surface area contributed by atoms with E-state index >= 15 is 0 Å². The molecule has 1 saturated heterocycles. The Labute approximate surface area is 131 Å². The fourth-order valence-corrected chi connectivity index (χ4v) is 4.23. The molecule has 1 aromatic carbocycles. The van der Waals surface area contributed by atoms with Crippen LogP contribution in [0.25, 0.3) is 0 Å². The first-order valence-corrected chi connectivity index (χ1v) is 8.56. The highest BCUT2D eigenvalue weighted by atomic mass is 79.9. The van der Waals surface area contributed by atoms with Crippen molar-refractivity contribution in [3.8, 4) is 0 Å². The topological polar surface area (TPSA) is 46.5 Å². The van der Waals surface area contributed by atoms with E-state index in [1.807, 2.05) is 11.8 Å². The van der Waals surface area contributed by atoms with Gasteiger partial charge in [0.2, 0.25) is 0 Å². The van der Waals surface area contributed by atoms with Crippen LogP contribution >= 0.6 is 27.7 Å². The molecule has 108 valence electrons. The Morgan fingerprint density at radius 3 is 2.70 bits per heavy atom. The van der Waals surface area contributed by atoms with E-state index in [1.165, 1.54) is 4.90 Å². The summed E-state index contributed by atoms with van der Waals surface area (Å²) >= 11 is 5.45. The van der Waals surface area contributed by atoms with Crippen molar-refractivity contribution in [2.24, 2.45) is 5.92 Å². The summed E-state index contributed by atoms with van der Waals surface area (Å²) in [5.41, 5.74) is 1.15. The van der Waals surface area contributed by atoms with Gasteiger partial charge in [0.25, 0.3) is 0 Å². The molecule has 20 heavy (non-hydrogen) atoms. The average Bonchev–Trinajstić information content (AvgIpc) is 3.16. The molecule has 0 radical (unpaired) electrons. The third-order valence-corrected chi connectivity index (χ3v) is 6.00. The summed E-state index contributed by atoms with van der Waals surface area (Å²) in [5.74, 6) is 0.00881. The molecule has 0 bridgehead atoms. The molecule has 1 aliphatic heterocycles. The Hall–Kier alpha value is -0.520. The van der Waals surface area contributed by atoms with Gasteiger partial charge in [-0.15, -0.1) is 11.8 Å². The Kier molecular flexibility index (Phi) is 4.38. The van der Waals surface area contributed by atoms with Crippen molar-refractivity contribution in [1.82, 2.24) is 0 Å². The van der Waals surface area contributed by atoms with Crippen LogP contribution in [0.4, 0.5) is 0 Å². The number of halogens is 1. The van der Waals surface area contributed by atoms with Crippen molar-refractivity contribution in [2.45, 2.75) is 35.3 Å². The van der Waals surface area contributed by atoms with E-state index in [1.54, 1.807) is 0 Å². The van der Waals surface area contributed by atoms with E-state index in [4.69, 9.17) is 9.84 Å². The van der Waals surface area contributed by atoms with Crippen LogP contribution in [0, 0.1) is 5.92 Å². The fraction of sp³-hybridized carbons (Fsp3) is 0.533. The van der Waals surface area contributed by atoms with Crippen molar-refractivity contribution in [3.05, 3.63) is 28.2 Å². The Bertz CT molecular complexity index is 512. The predicted octanol–water partition coefficient (Wildman–Crippen LogP) is 3.91. The number of ether oxygens (including phenoxy) is 1. The first kappa shape index (κ1) is 14.4. The van der Waals surface area contributed by atoms with Crippen LogP contribution in [-0.2, 0) is 9.53 Å². The van der Waals surface area contributed by atoms with Gasteiger partial charge in [0.15, 0.2) is 0 Å². The number of hydrogen-bond donors (Lipinski definition) is 1. The summed E-state index contributed by atoms with van der Waals surface area (Å²) in [7, 11) is 0. The lowest BCUT2D eigenvalue weighted by Crippen LogP contribution is -2.30. The van der Waals surface area contributed by atoms with Gasteiger partial charge in [-0.25, -0.2) is 0 Å². The second-order valence-corrected chi connectivity index (χ2v) is 7.71.